The number of amides is 2. The zero-order valence-corrected chi connectivity index (χ0v) is 15.6. The van der Waals surface area contributed by atoms with Gasteiger partial charge in [0.05, 0.1) is 18.7 Å². The molecular formula is C17H24BrN3O3. The third-order valence-electron chi connectivity index (χ3n) is 4.33. The molecule has 2 N–H and O–H groups in total. The van der Waals surface area contributed by atoms with Crippen LogP contribution in [0.15, 0.2) is 28.7 Å². The number of hydrogen-bond donors (Lipinski definition) is 2. The summed E-state index contributed by atoms with van der Waals surface area (Å²) >= 11 is 3.37. The molecule has 6 nitrogen and oxygen atoms in total. The molecule has 1 fully saturated rings. The monoisotopic (exact) mass is 397 g/mol. The number of rotatable bonds is 5. The molecule has 0 radical (unpaired) electrons. The average molecular weight is 398 g/mol. The molecule has 7 heteroatoms. The molecule has 0 aromatic heterocycles. The fraction of sp³-hybridized carbons (Fsp3) is 0.529. The maximum absolute atomic E-state index is 12.3. The van der Waals surface area contributed by atoms with Crippen molar-refractivity contribution in [3.63, 3.8) is 0 Å². The Hall–Kier alpha value is -1.44. The van der Waals surface area contributed by atoms with Gasteiger partial charge in [-0.25, -0.2) is 0 Å². The van der Waals surface area contributed by atoms with Crippen LogP contribution in [0.2, 0.25) is 0 Å². The van der Waals surface area contributed by atoms with Crippen molar-refractivity contribution in [2.75, 3.05) is 32.0 Å². The second-order valence-corrected chi connectivity index (χ2v) is 7.12. The zero-order valence-electron chi connectivity index (χ0n) is 14.0. The van der Waals surface area contributed by atoms with Crippen molar-refractivity contribution in [2.24, 2.45) is 0 Å². The number of halogens is 1. The zero-order chi connectivity index (χ0) is 17.7. The number of anilines is 1. The lowest BCUT2D eigenvalue weighted by atomic mass is 10.1. The van der Waals surface area contributed by atoms with Crippen LogP contribution in [0.3, 0.4) is 0 Å². The van der Waals surface area contributed by atoms with E-state index in [0.29, 0.717) is 31.6 Å². The average Bonchev–Trinajstić information content (AvgIpc) is 2.54. The van der Waals surface area contributed by atoms with E-state index >= 15 is 0 Å². The van der Waals surface area contributed by atoms with E-state index in [1.807, 2.05) is 24.3 Å². The van der Waals surface area contributed by atoms with Gasteiger partial charge in [-0.2, -0.15) is 0 Å². The summed E-state index contributed by atoms with van der Waals surface area (Å²) in [6.07, 6.45) is 0.935. The number of carbonyl (C=O) groups is 2. The number of likely N-dealkylation sites (N-methyl/N-ethyl adjacent to an activating group) is 1. The van der Waals surface area contributed by atoms with E-state index in [4.69, 9.17) is 0 Å². The van der Waals surface area contributed by atoms with Gasteiger partial charge in [-0.15, -0.1) is 0 Å². The van der Waals surface area contributed by atoms with Gasteiger partial charge < -0.3 is 15.3 Å². The summed E-state index contributed by atoms with van der Waals surface area (Å²) in [6, 6.07) is 6.96. The molecule has 1 saturated heterocycles. The van der Waals surface area contributed by atoms with Crippen molar-refractivity contribution in [2.45, 2.75) is 31.9 Å². The molecule has 1 aliphatic rings. The maximum Gasteiger partial charge on any atom is 0.241 e. The number of aliphatic hydroxyl groups is 1. The minimum Gasteiger partial charge on any atom is -0.393 e. The van der Waals surface area contributed by atoms with Crippen molar-refractivity contribution >= 4 is 33.4 Å². The first-order chi connectivity index (χ1) is 11.4. The highest BCUT2D eigenvalue weighted by Gasteiger charge is 2.25. The predicted octanol–water partition coefficient (Wildman–Crippen LogP) is 1.69. The quantitative estimate of drug-likeness (QED) is 0.792. The maximum atomic E-state index is 12.3. The second kappa shape index (κ2) is 8.60. The molecule has 0 unspecified atom stereocenters. The molecule has 1 aromatic carbocycles. The van der Waals surface area contributed by atoms with E-state index in [-0.39, 0.29) is 24.5 Å². The molecule has 2 rings (SSSR count). The van der Waals surface area contributed by atoms with Crippen LogP contribution >= 0.6 is 15.9 Å². The normalized spacial score (nSPS) is 17.0. The highest BCUT2D eigenvalue weighted by atomic mass is 79.9. The Morgan fingerprint density at radius 1 is 1.42 bits per heavy atom. The lowest BCUT2D eigenvalue weighted by molar-refractivity contribution is -0.135. The topological polar surface area (TPSA) is 72.9 Å². The summed E-state index contributed by atoms with van der Waals surface area (Å²) < 4.78 is 0.892. The standard InChI is InChI=1S/C17H24BrN3O3/c1-12(17(24)19-14-5-3-4-13(18)10-14)20(2)11-16(23)21-8-6-15(22)7-9-21/h3-5,10,12,15,22H,6-9,11H2,1-2H3,(H,19,24)/t12-/m0/s1. The number of nitrogens with zero attached hydrogens (tertiary/aromatic N) is 2. The molecule has 1 aromatic rings. The van der Waals surface area contributed by atoms with Crippen molar-refractivity contribution in [3.05, 3.63) is 28.7 Å². The fourth-order valence-corrected chi connectivity index (χ4v) is 2.98. The Balaban J connectivity index is 1.85. The first-order valence-electron chi connectivity index (χ1n) is 8.09. The molecule has 0 spiro atoms. The van der Waals surface area contributed by atoms with Crippen molar-refractivity contribution < 1.29 is 14.7 Å². The Labute approximate surface area is 150 Å². The first kappa shape index (κ1) is 18.9. The summed E-state index contributed by atoms with van der Waals surface area (Å²) in [6.45, 7) is 3.11. The minimum atomic E-state index is -0.427. The van der Waals surface area contributed by atoms with Gasteiger partial charge in [0.2, 0.25) is 11.8 Å². The predicted molar refractivity (Wildman–Crippen MR) is 96.7 cm³/mol. The van der Waals surface area contributed by atoms with E-state index < -0.39 is 6.04 Å². The number of piperidine rings is 1. The number of aliphatic hydroxyl groups excluding tert-OH is 1. The summed E-state index contributed by atoms with van der Waals surface area (Å²) in [4.78, 5) is 28.1. The van der Waals surface area contributed by atoms with Crippen LogP contribution in [0.1, 0.15) is 19.8 Å². The van der Waals surface area contributed by atoms with Crippen LogP contribution in [0.25, 0.3) is 0 Å². The van der Waals surface area contributed by atoms with E-state index in [2.05, 4.69) is 21.2 Å². The molecule has 0 bridgehead atoms. The molecule has 0 aliphatic carbocycles. The third-order valence-corrected chi connectivity index (χ3v) is 4.83. The SMILES string of the molecule is C[C@@H](C(=O)Nc1cccc(Br)c1)N(C)CC(=O)N1CCC(O)CC1. The van der Waals surface area contributed by atoms with Crippen LogP contribution in [0.5, 0.6) is 0 Å². The van der Waals surface area contributed by atoms with Gasteiger partial charge in [-0.3, -0.25) is 14.5 Å². The van der Waals surface area contributed by atoms with Gasteiger partial charge in [-0.05, 0) is 45.0 Å². The largest absolute Gasteiger partial charge is 0.393 e. The smallest absolute Gasteiger partial charge is 0.241 e. The Morgan fingerprint density at radius 2 is 2.08 bits per heavy atom. The van der Waals surface area contributed by atoms with Crippen molar-refractivity contribution in [1.82, 2.24) is 9.80 Å². The van der Waals surface area contributed by atoms with E-state index in [1.54, 1.807) is 23.8 Å². The van der Waals surface area contributed by atoms with Gasteiger partial charge in [-0.1, -0.05) is 22.0 Å². The van der Waals surface area contributed by atoms with Gasteiger partial charge in [0.1, 0.15) is 0 Å². The molecule has 1 heterocycles. The Bertz CT molecular complexity index is 588. The van der Waals surface area contributed by atoms with Crippen LogP contribution in [-0.4, -0.2) is 65.5 Å². The number of nitrogens with one attached hydrogen (secondary N) is 1. The van der Waals surface area contributed by atoms with Gasteiger partial charge in [0, 0.05) is 23.2 Å². The molecular weight excluding hydrogens is 374 g/mol. The second-order valence-electron chi connectivity index (χ2n) is 6.20. The van der Waals surface area contributed by atoms with Crippen molar-refractivity contribution in [3.8, 4) is 0 Å². The van der Waals surface area contributed by atoms with Crippen LogP contribution in [-0.2, 0) is 9.59 Å². The van der Waals surface area contributed by atoms with E-state index in [0.717, 1.165) is 4.47 Å². The fourth-order valence-electron chi connectivity index (χ4n) is 2.58. The lowest BCUT2D eigenvalue weighted by Crippen LogP contribution is -2.48. The van der Waals surface area contributed by atoms with E-state index in [9.17, 15) is 14.7 Å². The van der Waals surface area contributed by atoms with Gasteiger partial charge >= 0.3 is 0 Å². The molecule has 1 atom stereocenters. The molecule has 0 saturated carbocycles. The number of likely N-dealkylation sites (tertiary alicyclic amines) is 1. The van der Waals surface area contributed by atoms with Crippen molar-refractivity contribution in [1.29, 1.82) is 0 Å². The molecule has 24 heavy (non-hydrogen) atoms. The van der Waals surface area contributed by atoms with Gasteiger partial charge in [0.15, 0.2) is 0 Å². The highest BCUT2D eigenvalue weighted by Crippen LogP contribution is 2.16. The Kier molecular flexibility index (Phi) is 6.77. The molecule has 132 valence electrons. The number of carbonyl (C=O) groups excluding carboxylic acids is 2. The summed E-state index contributed by atoms with van der Waals surface area (Å²) in [5.74, 6) is -0.163. The number of benzene rings is 1. The summed E-state index contributed by atoms with van der Waals surface area (Å²) in [5.41, 5.74) is 0.714. The van der Waals surface area contributed by atoms with Crippen LogP contribution in [0.4, 0.5) is 5.69 Å². The minimum absolute atomic E-state index is 0.00787. The highest BCUT2D eigenvalue weighted by molar-refractivity contribution is 9.10. The lowest BCUT2D eigenvalue weighted by Gasteiger charge is -2.32. The van der Waals surface area contributed by atoms with E-state index in [1.165, 1.54) is 0 Å². The summed E-state index contributed by atoms with van der Waals surface area (Å²) in [5, 5.41) is 12.4. The first-order valence-corrected chi connectivity index (χ1v) is 8.88. The number of hydrogen-bond acceptors (Lipinski definition) is 4. The van der Waals surface area contributed by atoms with Crippen LogP contribution < -0.4 is 5.32 Å². The van der Waals surface area contributed by atoms with Gasteiger partial charge in [0.25, 0.3) is 0 Å². The summed E-state index contributed by atoms with van der Waals surface area (Å²) in [7, 11) is 1.77. The third kappa shape index (κ3) is 5.29. The van der Waals surface area contributed by atoms with Crippen LogP contribution in [0, 0.1) is 0 Å². The molecule has 1 aliphatic heterocycles. The molecule has 2 amide bonds. The Morgan fingerprint density at radius 3 is 2.71 bits per heavy atom.